The minimum Gasteiger partial charge on any atom is -0.461 e. The minimum atomic E-state index is -0.380. The molecule has 0 saturated heterocycles. The summed E-state index contributed by atoms with van der Waals surface area (Å²) in [6.07, 6.45) is 0. The molecule has 0 aliphatic heterocycles. The van der Waals surface area contributed by atoms with Crippen molar-refractivity contribution in [3.63, 3.8) is 0 Å². The number of aromatic nitrogens is 1. The molecule has 0 fully saturated rings. The van der Waals surface area contributed by atoms with Crippen molar-refractivity contribution in [2.45, 2.75) is 13.5 Å². The summed E-state index contributed by atoms with van der Waals surface area (Å²) in [5.41, 5.74) is 8.71. The number of carbonyl (C=O) groups excluding carboxylic acids is 1. The van der Waals surface area contributed by atoms with Crippen LogP contribution in [0.1, 0.15) is 28.5 Å². The third-order valence-electron chi connectivity index (χ3n) is 5.00. The first-order valence-electron chi connectivity index (χ1n) is 9.37. The molecular weight excluding hydrogens is 366 g/mol. The van der Waals surface area contributed by atoms with Crippen molar-refractivity contribution >= 4 is 33.5 Å². The van der Waals surface area contributed by atoms with Crippen molar-refractivity contribution in [2.24, 2.45) is 10.9 Å². The highest BCUT2D eigenvalue weighted by molar-refractivity contribution is 6.02. The topological polar surface area (TPSA) is 89.8 Å². The van der Waals surface area contributed by atoms with Gasteiger partial charge >= 0.3 is 5.97 Å². The molecule has 0 aliphatic rings. The van der Waals surface area contributed by atoms with Crippen LogP contribution in [-0.2, 0) is 11.3 Å². The van der Waals surface area contributed by atoms with Crippen molar-refractivity contribution in [3.05, 3.63) is 83.6 Å². The van der Waals surface area contributed by atoms with Gasteiger partial charge in [-0.3, -0.25) is 0 Å². The van der Waals surface area contributed by atoms with Gasteiger partial charge in [0.1, 0.15) is 5.69 Å². The van der Waals surface area contributed by atoms with Crippen LogP contribution in [0.15, 0.2) is 71.9 Å². The number of carbonyl (C=O) groups is 1. The van der Waals surface area contributed by atoms with Crippen LogP contribution in [0.4, 0.5) is 0 Å². The highest BCUT2D eigenvalue weighted by Gasteiger charge is 2.18. The molecule has 0 aliphatic carbocycles. The lowest BCUT2D eigenvalue weighted by molar-refractivity contribution is 0.0515. The molecular formula is C23H21N3O3. The van der Waals surface area contributed by atoms with Gasteiger partial charge in [-0.1, -0.05) is 59.8 Å². The van der Waals surface area contributed by atoms with E-state index in [1.54, 1.807) is 13.0 Å². The van der Waals surface area contributed by atoms with Gasteiger partial charge in [0.2, 0.25) is 0 Å². The van der Waals surface area contributed by atoms with E-state index >= 15 is 0 Å². The highest BCUT2D eigenvalue weighted by atomic mass is 16.5. The lowest BCUT2D eigenvalue weighted by Crippen LogP contribution is -2.14. The Labute approximate surface area is 167 Å². The molecule has 4 aromatic rings. The summed E-state index contributed by atoms with van der Waals surface area (Å²) in [6, 6.07) is 21.5. The number of nitrogens with two attached hydrogens (primary N) is 1. The molecule has 1 heterocycles. The summed E-state index contributed by atoms with van der Waals surface area (Å²) >= 11 is 0. The lowest BCUT2D eigenvalue weighted by atomic mass is 10.0. The van der Waals surface area contributed by atoms with Crippen LogP contribution in [0.5, 0.6) is 0 Å². The minimum absolute atomic E-state index is 0.0162. The summed E-state index contributed by atoms with van der Waals surface area (Å²) in [4.78, 5) is 12.6. The molecule has 0 atom stereocenters. The van der Waals surface area contributed by atoms with E-state index in [1.165, 1.54) is 0 Å². The van der Waals surface area contributed by atoms with Crippen molar-refractivity contribution in [1.82, 2.24) is 4.57 Å². The molecule has 3 aromatic carbocycles. The molecule has 0 bridgehead atoms. The first kappa shape index (κ1) is 18.6. The van der Waals surface area contributed by atoms with E-state index in [-0.39, 0.29) is 11.8 Å². The smallest absolute Gasteiger partial charge is 0.354 e. The molecule has 3 N–H and O–H groups in total. The van der Waals surface area contributed by atoms with Gasteiger partial charge in [-0.15, -0.1) is 0 Å². The number of nitrogens with zero attached hydrogens (tertiary/aromatic N) is 2. The second-order valence-electron chi connectivity index (χ2n) is 6.73. The first-order valence-corrected chi connectivity index (χ1v) is 9.37. The second kappa shape index (κ2) is 7.67. The molecule has 0 spiro atoms. The molecule has 4 rings (SSSR count). The van der Waals surface area contributed by atoms with Gasteiger partial charge in [0.05, 0.1) is 6.61 Å². The van der Waals surface area contributed by atoms with Crippen molar-refractivity contribution in [2.75, 3.05) is 6.61 Å². The predicted molar refractivity (Wildman–Crippen MR) is 113 cm³/mol. The van der Waals surface area contributed by atoms with E-state index in [0.29, 0.717) is 24.4 Å². The molecule has 0 saturated carbocycles. The second-order valence-corrected chi connectivity index (χ2v) is 6.73. The highest BCUT2D eigenvalue weighted by Crippen LogP contribution is 2.26. The van der Waals surface area contributed by atoms with Gasteiger partial charge in [0, 0.05) is 23.0 Å². The Bertz CT molecular complexity index is 1240. The zero-order chi connectivity index (χ0) is 20.4. The van der Waals surface area contributed by atoms with Crippen LogP contribution in [0.3, 0.4) is 0 Å². The average Bonchev–Trinajstić information content (AvgIpc) is 3.11. The Hall–Kier alpha value is -3.80. The summed E-state index contributed by atoms with van der Waals surface area (Å²) < 4.78 is 7.19. The van der Waals surface area contributed by atoms with E-state index in [9.17, 15) is 4.79 Å². The third-order valence-corrected chi connectivity index (χ3v) is 5.00. The fourth-order valence-electron chi connectivity index (χ4n) is 3.62. The van der Waals surface area contributed by atoms with Gasteiger partial charge in [-0.2, -0.15) is 0 Å². The Kier molecular flexibility index (Phi) is 4.91. The number of benzene rings is 3. The van der Waals surface area contributed by atoms with Crippen LogP contribution in [0, 0.1) is 0 Å². The van der Waals surface area contributed by atoms with E-state index in [4.69, 9.17) is 15.7 Å². The van der Waals surface area contributed by atoms with Crippen molar-refractivity contribution in [3.8, 4) is 0 Å². The van der Waals surface area contributed by atoms with Crippen LogP contribution in [0.25, 0.3) is 21.7 Å². The number of fused-ring (bicyclic) bond motifs is 2. The quantitative estimate of drug-likeness (QED) is 0.177. The Balaban J connectivity index is 1.91. The SMILES string of the molecule is CCOC(=O)c1cc2ccc(/C(N)=N/O)cc2n1Cc1cccc2ccccc12. The number of rotatable bonds is 5. The van der Waals surface area contributed by atoms with Crippen molar-refractivity contribution in [1.29, 1.82) is 0 Å². The van der Waals surface area contributed by atoms with Crippen LogP contribution >= 0.6 is 0 Å². The zero-order valence-electron chi connectivity index (χ0n) is 16.0. The third kappa shape index (κ3) is 3.40. The number of ether oxygens (including phenoxy) is 1. The molecule has 1 aromatic heterocycles. The Morgan fingerprint density at radius 3 is 2.66 bits per heavy atom. The zero-order valence-corrected chi connectivity index (χ0v) is 16.0. The average molecular weight is 387 g/mol. The van der Waals surface area contributed by atoms with E-state index in [2.05, 4.69) is 29.4 Å². The number of amidine groups is 1. The number of hydrogen-bond donors (Lipinski definition) is 2. The van der Waals surface area contributed by atoms with Gasteiger partial charge < -0.3 is 20.2 Å². The lowest BCUT2D eigenvalue weighted by Gasteiger charge is -2.13. The maximum atomic E-state index is 12.6. The molecule has 0 amide bonds. The van der Waals surface area contributed by atoms with Crippen LogP contribution in [-0.4, -0.2) is 28.2 Å². The molecule has 0 unspecified atom stereocenters. The van der Waals surface area contributed by atoms with Gasteiger partial charge in [-0.05, 0) is 35.4 Å². The Morgan fingerprint density at radius 2 is 1.86 bits per heavy atom. The van der Waals surface area contributed by atoms with Crippen molar-refractivity contribution < 1.29 is 14.7 Å². The number of hydrogen-bond acceptors (Lipinski definition) is 4. The maximum absolute atomic E-state index is 12.6. The molecule has 6 nitrogen and oxygen atoms in total. The molecule has 146 valence electrons. The van der Waals surface area contributed by atoms with Gasteiger partial charge in [-0.25, -0.2) is 4.79 Å². The first-order chi connectivity index (χ1) is 14.1. The van der Waals surface area contributed by atoms with Gasteiger partial charge in [0.25, 0.3) is 0 Å². The molecule has 29 heavy (non-hydrogen) atoms. The number of oxime groups is 1. The standard InChI is InChI=1S/C23H21N3O3/c1-2-29-23(27)21-12-16-10-11-17(22(24)25-28)13-20(16)26(21)14-18-8-5-7-15-6-3-4-9-19(15)18/h3-13,28H,2,14H2,1H3,(H2,24,25). The summed E-state index contributed by atoms with van der Waals surface area (Å²) in [5, 5.41) is 15.3. The van der Waals surface area contributed by atoms with E-state index in [1.807, 2.05) is 41.0 Å². The summed E-state index contributed by atoms with van der Waals surface area (Å²) in [6.45, 7) is 2.56. The fraction of sp³-hybridized carbons (Fsp3) is 0.130. The fourth-order valence-corrected chi connectivity index (χ4v) is 3.62. The summed E-state index contributed by atoms with van der Waals surface area (Å²) in [5.74, 6) is -0.364. The van der Waals surface area contributed by atoms with Gasteiger partial charge in [0.15, 0.2) is 5.84 Å². The molecule has 6 heteroatoms. The van der Waals surface area contributed by atoms with Crippen LogP contribution < -0.4 is 5.73 Å². The molecule has 0 radical (unpaired) electrons. The Morgan fingerprint density at radius 1 is 1.07 bits per heavy atom. The summed E-state index contributed by atoms with van der Waals surface area (Å²) in [7, 11) is 0. The maximum Gasteiger partial charge on any atom is 0.354 e. The monoisotopic (exact) mass is 387 g/mol. The van der Waals surface area contributed by atoms with E-state index < -0.39 is 0 Å². The van der Waals surface area contributed by atoms with Crippen LogP contribution in [0.2, 0.25) is 0 Å². The predicted octanol–water partition coefficient (Wildman–Crippen LogP) is 4.11. The largest absolute Gasteiger partial charge is 0.461 e. The normalized spacial score (nSPS) is 11.8. The number of esters is 1. The van der Waals surface area contributed by atoms with E-state index in [0.717, 1.165) is 27.2 Å².